The molecule has 0 radical (unpaired) electrons. The number of halogens is 1. The van der Waals surface area contributed by atoms with Gasteiger partial charge in [-0.15, -0.1) is 10.7 Å². The number of imidazole rings is 1. The van der Waals surface area contributed by atoms with Crippen LogP contribution in [0.25, 0.3) is 11.2 Å². The van der Waals surface area contributed by atoms with Crippen LogP contribution in [0.1, 0.15) is 19.4 Å². The van der Waals surface area contributed by atoms with Gasteiger partial charge in [-0.05, 0) is 30.9 Å². The highest BCUT2D eigenvalue weighted by Gasteiger charge is 2.23. The first kappa shape index (κ1) is 23.6. The van der Waals surface area contributed by atoms with Gasteiger partial charge in [0.2, 0.25) is 0 Å². The Morgan fingerprint density at radius 2 is 1.87 bits per heavy atom. The lowest BCUT2D eigenvalue weighted by atomic mass is 10.2. The molecule has 30 heavy (non-hydrogen) atoms. The van der Waals surface area contributed by atoms with Gasteiger partial charge in [0.25, 0.3) is 0 Å². The van der Waals surface area contributed by atoms with E-state index in [1.807, 2.05) is 32.2 Å². The zero-order valence-corrected chi connectivity index (χ0v) is 19.0. The Labute approximate surface area is 182 Å². The predicted octanol–water partition coefficient (Wildman–Crippen LogP) is 2.81. The summed E-state index contributed by atoms with van der Waals surface area (Å²) in [6, 6.07) is 6.61. The van der Waals surface area contributed by atoms with E-state index in [2.05, 4.69) is 9.97 Å². The number of nitrogens with two attached hydrogens (primary N) is 1. The molecule has 3 N–H and O–H groups in total. The molecule has 0 saturated carbocycles. The van der Waals surface area contributed by atoms with E-state index < -0.39 is 11.7 Å². The molecular formula is C19H26ClN7O2S. The van der Waals surface area contributed by atoms with Gasteiger partial charge in [0.05, 0.1) is 6.54 Å². The third-order valence-corrected chi connectivity index (χ3v) is 5.53. The van der Waals surface area contributed by atoms with Crippen molar-refractivity contribution in [1.29, 1.82) is 4.78 Å². The zero-order chi connectivity index (χ0) is 22.4. The van der Waals surface area contributed by atoms with E-state index in [4.69, 9.17) is 22.1 Å². The van der Waals surface area contributed by atoms with Crippen molar-refractivity contribution in [2.24, 2.45) is 0 Å². The highest BCUT2D eigenvalue weighted by molar-refractivity contribution is 7.85. The van der Waals surface area contributed by atoms with Crippen molar-refractivity contribution in [2.75, 3.05) is 31.3 Å². The van der Waals surface area contributed by atoms with Crippen molar-refractivity contribution in [3.05, 3.63) is 51.7 Å². The molecule has 0 bridgehead atoms. The summed E-state index contributed by atoms with van der Waals surface area (Å²) in [5, 5.41) is 0.602. The number of amides is 1. The Kier molecular flexibility index (Phi) is 8.13. The minimum Gasteiger partial charge on any atom is -0.382 e. The fraction of sp³-hybridized carbons (Fsp3) is 0.368. The van der Waals surface area contributed by atoms with Crippen LogP contribution in [-0.4, -0.2) is 55.6 Å². The number of carbonyl (C=O) groups excluding carboxylic acids is 1. The van der Waals surface area contributed by atoms with E-state index in [0.29, 0.717) is 17.2 Å². The Morgan fingerprint density at radius 1 is 1.27 bits per heavy atom. The molecule has 1 amide bonds. The fourth-order valence-electron chi connectivity index (χ4n) is 2.50. The molecule has 0 aliphatic heterocycles. The molecule has 1 aromatic carbocycles. The number of anilines is 1. The van der Waals surface area contributed by atoms with E-state index in [0.717, 1.165) is 15.9 Å². The third-order valence-electron chi connectivity index (χ3n) is 4.41. The minimum atomic E-state index is -0.512. The summed E-state index contributed by atoms with van der Waals surface area (Å²) in [7, 11) is 1.54. The number of hydrogen-bond acceptors (Lipinski definition) is 6. The Hall–Kier alpha value is -2.72. The monoisotopic (exact) mass is 451 g/mol. The number of nitrogens with one attached hydrogen (secondary N) is 1. The van der Waals surface area contributed by atoms with E-state index in [-0.39, 0.29) is 28.6 Å². The molecule has 11 heteroatoms. The van der Waals surface area contributed by atoms with Crippen LogP contribution >= 0.6 is 11.6 Å². The van der Waals surface area contributed by atoms with Crippen LogP contribution in [0, 0.1) is 4.78 Å². The van der Waals surface area contributed by atoms with Gasteiger partial charge in [0.15, 0.2) is 11.5 Å². The van der Waals surface area contributed by atoms with Crippen LogP contribution in [0.4, 0.5) is 10.6 Å². The molecule has 3 rings (SSSR count). The smallest absolute Gasteiger partial charge is 0.339 e. The Morgan fingerprint density at radius 3 is 2.40 bits per heavy atom. The molecule has 162 valence electrons. The number of hydrogen-bond donors (Lipinski definition) is 2. The van der Waals surface area contributed by atoms with E-state index >= 15 is 0 Å². The van der Waals surface area contributed by atoms with E-state index in [9.17, 15) is 9.59 Å². The van der Waals surface area contributed by atoms with E-state index in [1.54, 1.807) is 19.2 Å². The van der Waals surface area contributed by atoms with Crippen LogP contribution in [-0.2, 0) is 17.2 Å². The van der Waals surface area contributed by atoms with Gasteiger partial charge in [-0.2, -0.15) is 0 Å². The second-order valence-corrected chi connectivity index (χ2v) is 8.77. The van der Waals surface area contributed by atoms with Crippen LogP contribution in [0.15, 0.2) is 35.4 Å². The first-order chi connectivity index (χ1) is 14.2. The molecule has 1 atom stereocenters. The number of carbonyl (C=O) groups is 1. The van der Waals surface area contributed by atoms with Crippen molar-refractivity contribution >= 4 is 45.3 Å². The van der Waals surface area contributed by atoms with Crippen molar-refractivity contribution in [3.63, 3.8) is 0 Å². The van der Waals surface area contributed by atoms with Crippen molar-refractivity contribution in [2.45, 2.75) is 20.4 Å². The topological polar surface area (TPSA) is 123 Å². The van der Waals surface area contributed by atoms with E-state index in [1.165, 1.54) is 15.8 Å². The fourth-order valence-corrected chi connectivity index (χ4v) is 2.63. The number of nitrogen functional groups attached to an aromatic ring is 1. The molecule has 2 heterocycles. The van der Waals surface area contributed by atoms with Crippen LogP contribution in [0.3, 0.4) is 0 Å². The van der Waals surface area contributed by atoms with Gasteiger partial charge < -0.3 is 10.6 Å². The largest absolute Gasteiger partial charge is 0.382 e. The Balaban J connectivity index is 0.000000575. The summed E-state index contributed by atoms with van der Waals surface area (Å²) in [4.78, 5) is 35.0. The van der Waals surface area contributed by atoms with Gasteiger partial charge in [-0.25, -0.2) is 24.1 Å². The van der Waals surface area contributed by atoms with Gasteiger partial charge in [-0.3, -0.25) is 9.35 Å². The SMILES string of the molecule is CCN(C)C(=O)n1c(=O)n(Cc2ccc(Cl)cc2)c2ncnc(N)c21.CC[S@](C)=N. The molecule has 2 aromatic heterocycles. The van der Waals surface area contributed by atoms with Crippen LogP contribution in [0.2, 0.25) is 5.02 Å². The number of rotatable bonds is 4. The quantitative estimate of drug-likeness (QED) is 0.631. The Bertz CT molecular complexity index is 1110. The van der Waals surface area contributed by atoms with Crippen LogP contribution in [0.5, 0.6) is 0 Å². The van der Waals surface area contributed by atoms with Gasteiger partial charge in [0.1, 0.15) is 11.8 Å². The molecule has 0 fully saturated rings. The lowest BCUT2D eigenvalue weighted by molar-refractivity contribution is 0.212. The minimum absolute atomic E-state index is 0.0725. The molecule has 0 aliphatic rings. The van der Waals surface area contributed by atoms with Gasteiger partial charge in [-0.1, -0.05) is 30.7 Å². The maximum absolute atomic E-state index is 12.9. The van der Waals surface area contributed by atoms with Crippen molar-refractivity contribution < 1.29 is 4.79 Å². The van der Waals surface area contributed by atoms with Gasteiger partial charge >= 0.3 is 11.7 Å². The summed E-state index contributed by atoms with van der Waals surface area (Å²) in [5.74, 6) is 1.08. The summed E-state index contributed by atoms with van der Waals surface area (Å²) in [5.41, 5.74) is 6.78. The lowest BCUT2D eigenvalue weighted by Crippen LogP contribution is -2.38. The second kappa shape index (κ2) is 10.4. The lowest BCUT2D eigenvalue weighted by Gasteiger charge is -2.14. The number of aromatic nitrogens is 4. The highest BCUT2D eigenvalue weighted by atomic mass is 35.5. The third kappa shape index (κ3) is 5.25. The molecular weight excluding hydrogens is 426 g/mol. The number of benzene rings is 1. The van der Waals surface area contributed by atoms with Crippen molar-refractivity contribution in [1.82, 2.24) is 24.0 Å². The van der Waals surface area contributed by atoms with Crippen LogP contribution < -0.4 is 11.4 Å². The summed E-state index contributed by atoms with van der Waals surface area (Å²) >= 11 is 5.90. The molecule has 3 aromatic rings. The average Bonchev–Trinajstić information content (AvgIpc) is 3.01. The summed E-state index contributed by atoms with van der Waals surface area (Å²) in [6.45, 7) is 4.52. The zero-order valence-electron chi connectivity index (χ0n) is 17.4. The second-order valence-electron chi connectivity index (χ2n) is 6.48. The van der Waals surface area contributed by atoms with Crippen molar-refractivity contribution in [3.8, 4) is 0 Å². The molecule has 0 unspecified atom stereocenters. The molecule has 0 saturated heterocycles. The standard InChI is InChI=1S/C16H17ClN6O2.C3H9NS/c1-3-21(2)15(24)23-12-13(18)19-9-20-14(12)22(16(23)25)8-10-4-6-11(17)7-5-10;1-3-5(2)4/h4-7,9H,3,8H2,1-2H3,(H2,18,19,20);4H,3H2,1-2H3/t;5-/m.0/s1. The molecule has 0 aliphatic carbocycles. The number of nitrogens with zero attached hydrogens (tertiary/aromatic N) is 5. The normalized spacial score (nSPS) is 11.6. The highest BCUT2D eigenvalue weighted by Crippen LogP contribution is 2.18. The summed E-state index contributed by atoms with van der Waals surface area (Å²) < 4.78 is 9.27. The summed E-state index contributed by atoms with van der Waals surface area (Å²) in [6.07, 6.45) is 3.19. The maximum atomic E-state index is 12.9. The van der Waals surface area contributed by atoms with Gasteiger partial charge in [0, 0.05) is 24.4 Å². The first-order valence-electron chi connectivity index (χ1n) is 9.26. The average molecular weight is 452 g/mol. The predicted molar refractivity (Wildman–Crippen MR) is 122 cm³/mol. The molecule has 0 spiro atoms. The molecule has 9 nitrogen and oxygen atoms in total. The number of fused-ring (bicyclic) bond motifs is 1. The maximum Gasteiger partial charge on any atom is 0.339 e. The first-order valence-corrected chi connectivity index (χ1v) is 11.4.